The third-order valence-electron chi connectivity index (χ3n) is 10.1. The molecule has 0 aromatic heterocycles. The number of aliphatic hydroxyl groups is 3. The molecule has 2 aromatic carbocycles. The van der Waals surface area contributed by atoms with Gasteiger partial charge in [-0.15, -0.1) is 0 Å². The number of hydrogen-bond donors (Lipinski definition) is 6. The van der Waals surface area contributed by atoms with E-state index in [1.165, 1.54) is 6.07 Å². The fourth-order valence-corrected chi connectivity index (χ4v) is 7.03. The van der Waals surface area contributed by atoms with Crippen LogP contribution in [-0.2, 0) is 25.5 Å². The van der Waals surface area contributed by atoms with E-state index in [-0.39, 0.29) is 55.6 Å². The Morgan fingerprint density at radius 2 is 1.72 bits per heavy atom. The number of rotatable bonds is 9. The summed E-state index contributed by atoms with van der Waals surface area (Å²) < 4.78 is 11.7. The number of esters is 2. The minimum atomic E-state index is -1.54. The summed E-state index contributed by atoms with van der Waals surface area (Å²) in [6.07, 6.45) is 0.686. The van der Waals surface area contributed by atoms with Crippen molar-refractivity contribution in [3.63, 3.8) is 0 Å². The fraction of sp³-hybridized carbons (Fsp3) is 0.513. The van der Waals surface area contributed by atoms with E-state index in [0.717, 1.165) is 0 Å². The van der Waals surface area contributed by atoms with Gasteiger partial charge in [0.2, 0.25) is 0 Å². The largest absolute Gasteiger partial charge is 0.508 e. The second kappa shape index (κ2) is 15.8. The van der Waals surface area contributed by atoms with Crippen molar-refractivity contribution in [1.29, 1.82) is 0 Å². The summed E-state index contributed by atoms with van der Waals surface area (Å²) in [6.45, 7) is 5.55. The Balaban J connectivity index is 1.64. The first-order valence-corrected chi connectivity index (χ1v) is 17.4. The molecule has 6 N–H and O–H groups in total. The number of carbonyl (C=O) groups excluding carboxylic acids is 3. The third kappa shape index (κ3) is 8.56. The smallest absolute Gasteiger partial charge is 0.334 e. The predicted molar refractivity (Wildman–Crippen MR) is 187 cm³/mol. The summed E-state index contributed by atoms with van der Waals surface area (Å²) in [6, 6.07) is 8.57. The van der Waals surface area contributed by atoms with Crippen LogP contribution in [-0.4, -0.2) is 76.1 Å². The van der Waals surface area contributed by atoms with Crippen LogP contribution in [0.5, 0.6) is 11.5 Å². The molecule has 268 valence electrons. The molecule has 0 amide bonds. The molecule has 0 radical (unpaired) electrons. The first kappa shape index (κ1) is 37.1. The van der Waals surface area contributed by atoms with E-state index < -0.39 is 47.7 Å². The Labute approximate surface area is 293 Å². The molecule has 0 unspecified atom stereocenters. The second-order valence-corrected chi connectivity index (χ2v) is 13.9. The minimum Gasteiger partial charge on any atom is -0.508 e. The minimum absolute atomic E-state index is 0.0256. The molecular weight excluding hydrogens is 640 g/mol. The molecule has 1 aliphatic carbocycles. The average Bonchev–Trinajstić information content (AvgIpc) is 3.08. The molecule has 1 saturated carbocycles. The van der Waals surface area contributed by atoms with Gasteiger partial charge in [0.25, 0.3) is 0 Å². The maximum atomic E-state index is 14.0. The number of aliphatic hydroxyl groups excluding tert-OH is 2. The number of fused-ring (bicyclic) bond motifs is 1. The van der Waals surface area contributed by atoms with Crippen LogP contribution >= 0.6 is 0 Å². The molecular formula is C39H48N2O9. The summed E-state index contributed by atoms with van der Waals surface area (Å²) in [5, 5.41) is 50.2. The van der Waals surface area contributed by atoms with Crippen molar-refractivity contribution in [1.82, 2.24) is 5.32 Å². The summed E-state index contributed by atoms with van der Waals surface area (Å²) in [4.78, 5) is 38.8. The normalized spacial score (nSPS) is 24.7. The molecule has 50 heavy (non-hydrogen) atoms. The molecule has 5 rings (SSSR count). The van der Waals surface area contributed by atoms with E-state index in [9.17, 15) is 34.8 Å². The van der Waals surface area contributed by atoms with Gasteiger partial charge in [-0.2, -0.15) is 0 Å². The Morgan fingerprint density at radius 1 is 1.00 bits per heavy atom. The van der Waals surface area contributed by atoms with Crippen LogP contribution in [0.25, 0.3) is 0 Å². The highest BCUT2D eigenvalue weighted by molar-refractivity contribution is 5.89. The van der Waals surface area contributed by atoms with Crippen LogP contribution in [0.4, 0.5) is 5.69 Å². The van der Waals surface area contributed by atoms with Gasteiger partial charge in [-0.3, -0.25) is 9.59 Å². The number of likely N-dealkylation sites (N-methyl/N-ethyl adjacent to an activating group) is 1. The van der Waals surface area contributed by atoms with Crippen molar-refractivity contribution in [3.05, 3.63) is 64.2 Å². The van der Waals surface area contributed by atoms with Crippen molar-refractivity contribution in [3.8, 4) is 23.3 Å². The Kier molecular flexibility index (Phi) is 11.7. The van der Waals surface area contributed by atoms with Crippen LogP contribution in [0.2, 0.25) is 0 Å². The fourth-order valence-electron chi connectivity index (χ4n) is 7.03. The number of anilines is 1. The van der Waals surface area contributed by atoms with Crippen molar-refractivity contribution in [2.75, 3.05) is 25.5 Å². The second-order valence-electron chi connectivity index (χ2n) is 13.9. The topological polar surface area (TPSA) is 175 Å². The number of aromatic hydroxyl groups is 1. The molecule has 2 heterocycles. The van der Waals surface area contributed by atoms with Crippen LogP contribution in [0.1, 0.15) is 99.5 Å². The molecule has 3 aliphatic rings. The number of ether oxygens (including phenoxy) is 2. The highest BCUT2D eigenvalue weighted by Gasteiger charge is 2.44. The van der Waals surface area contributed by atoms with E-state index in [2.05, 4.69) is 22.5 Å². The van der Waals surface area contributed by atoms with Gasteiger partial charge in [-0.1, -0.05) is 24.0 Å². The molecule has 0 saturated heterocycles. The van der Waals surface area contributed by atoms with Gasteiger partial charge in [0.05, 0.1) is 24.5 Å². The molecule has 1 fully saturated rings. The molecule has 0 spiro atoms. The summed E-state index contributed by atoms with van der Waals surface area (Å²) in [7, 11) is 1.74. The highest BCUT2D eigenvalue weighted by Crippen LogP contribution is 2.42. The van der Waals surface area contributed by atoms with Crippen molar-refractivity contribution >= 4 is 23.4 Å². The first-order valence-electron chi connectivity index (χ1n) is 17.4. The summed E-state index contributed by atoms with van der Waals surface area (Å²) in [5.41, 5.74) is 1.71. The Morgan fingerprint density at radius 3 is 2.40 bits per heavy atom. The zero-order valence-electron chi connectivity index (χ0n) is 29.1. The van der Waals surface area contributed by atoms with Crippen molar-refractivity contribution in [2.24, 2.45) is 5.92 Å². The van der Waals surface area contributed by atoms with Crippen LogP contribution in [0, 0.1) is 17.8 Å². The summed E-state index contributed by atoms with van der Waals surface area (Å²) >= 11 is 0. The predicted octanol–water partition coefficient (Wildman–Crippen LogP) is 3.93. The zero-order chi connectivity index (χ0) is 36.2. The van der Waals surface area contributed by atoms with Crippen LogP contribution in [0.3, 0.4) is 0 Å². The quantitative estimate of drug-likeness (QED) is 0.0975. The summed E-state index contributed by atoms with van der Waals surface area (Å²) in [5.74, 6) is 4.09. The van der Waals surface area contributed by atoms with Crippen LogP contribution in [0.15, 0.2) is 42.0 Å². The molecule has 2 aromatic rings. The number of benzene rings is 2. The molecule has 6 atom stereocenters. The van der Waals surface area contributed by atoms with Crippen molar-refractivity contribution < 1.29 is 44.3 Å². The molecule has 11 nitrogen and oxygen atoms in total. The zero-order valence-corrected chi connectivity index (χ0v) is 29.1. The molecule has 2 aliphatic heterocycles. The number of hydrogen-bond acceptors (Lipinski definition) is 11. The monoisotopic (exact) mass is 688 g/mol. The third-order valence-corrected chi connectivity index (χ3v) is 10.1. The van der Waals surface area contributed by atoms with E-state index >= 15 is 0 Å². The van der Waals surface area contributed by atoms with Gasteiger partial charge in [0, 0.05) is 61.2 Å². The number of cyclic esters (lactones) is 1. The lowest BCUT2D eigenvalue weighted by molar-refractivity contribution is -0.169. The number of allylic oxidation sites excluding steroid dienone is 1. The standard InChI is InChI=1S/C39H48N2O9/c1-5-23-12-24(26-13-27(34(45)21-40-4)15-30(14-26)41-20-22(2)42)6-7-25-18-37(46)49-35-19-33(44)28(16-32(25)35)17-36(50-38(23)47)39(3,48)29-8-10-31(43)11-9-29/h5,13-16,19,22,24-25,29,34,36,40-42,44-45,48H,8-12,17-18,20-21H2,1-4H3/t22-,24-,25+,34-,36+,39-/m0/s1. The number of Topliss-reactive ketones (excluding diaryl/α,β-unsaturated/α-hetero) is 1. The maximum Gasteiger partial charge on any atom is 0.334 e. The van der Waals surface area contributed by atoms with E-state index in [1.54, 1.807) is 46.0 Å². The molecule has 11 heteroatoms. The number of nitrogens with one attached hydrogen (secondary N) is 2. The Hall–Kier alpha value is -4.21. The van der Waals surface area contributed by atoms with Gasteiger partial charge in [0.15, 0.2) is 0 Å². The average molecular weight is 689 g/mol. The van der Waals surface area contributed by atoms with Gasteiger partial charge >= 0.3 is 11.9 Å². The Bertz CT molecular complexity index is 1690. The van der Waals surface area contributed by atoms with E-state index in [4.69, 9.17) is 9.47 Å². The van der Waals surface area contributed by atoms with E-state index in [0.29, 0.717) is 59.2 Å². The lowest BCUT2D eigenvalue weighted by Gasteiger charge is -2.40. The number of phenols is 1. The van der Waals surface area contributed by atoms with Gasteiger partial charge in [0.1, 0.15) is 29.0 Å². The lowest BCUT2D eigenvalue weighted by Crippen LogP contribution is -2.50. The van der Waals surface area contributed by atoms with Gasteiger partial charge in [-0.05, 0) is 87.9 Å². The lowest BCUT2D eigenvalue weighted by atomic mass is 9.73. The SMILES string of the molecule is CC=C1C[C@@H](c2cc(NC[C@H](C)O)cc([C@@H](O)CNC)c2)C#C[C@@H]2CC(=O)Oc3cc(O)c(cc32)C[C@H]([C@@](C)(O)C2CCC(=O)CC2)OC1=O. The number of phenolic OH excluding ortho intramolecular Hbond substituents is 1. The van der Waals surface area contributed by atoms with Crippen LogP contribution < -0.4 is 15.4 Å². The first-order chi connectivity index (χ1) is 23.8. The maximum absolute atomic E-state index is 14.0. The van der Waals surface area contributed by atoms with Gasteiger partial charge < -0.3 is 40.5 Å². The van der Waals surface area contributed by atoms with Gasteiger partial charge in [-0.25, -0.2) is 4.79 Å². The number of ketones is 1. The molecule has 2 bridgehead atoms. The van der Waals surface area contributed by atoms with E-state index in [1.807, 2.05) is 12.1 Å². The van der Waals surface area contributed by atoms with Crippen molar-refractivity contribution in [2.45, 2.75) is 101 Å². The number of carbonyl (C=O) groups is 3. The highest BCUT2D eigenvalue weighted by atomic mass is 16.6.